The zero-order valence-electron chi connectivity index (χ0n) is 84.4. The molecule has 772 valence electrons. The smallest absolute Gasteiger partial charge is 0.481 e. The second kappa shape index (κ2) is 45.7. The number of aliphatic hydroxyl groups is 4. The molecular weight excluding hydrogens is 1850 g/mol. The van der Waals surface area contributed by atoms with E-state index < -0.39 is 110 Å². The van der Waals surface area contributed by atoms with Crippen LogP contribution in [0, 0.1) is 64.1 Å². The van der Waals surface area contributed by atoms with Crippen molar-refractivity contribution in [2.24, 2.45) is 69.8 Å². The lowest BCUT2D eigenvalue weighted by Crippen LogP contribution is -2.65. The Morgan fingerprint density at radius 2 is 0.655 bits per heavy atom. The van der Waals surface area contributed by atoms with Gasteiger partial charge in [0.2, 0.25) is 11.8 Å². The fourth-order valence-corrected chi connectivity index (χ4v) is 23.8. The van der Waals surface area contributed by atoms with Crippen molar-refractivity contribution >= 4 is 73.9 Å². The lowest BCUT2D eigenvalue weighted by atomic mass is 9.43. The van der Waals surface area contributed by atoms with Crippen LogP contribution in [-0.2, 0) is 85.6 Å². The SMILES string of the molecule is C.CC(C)C[C@H](NC(=O)[C@@H](CC(=O)OCC1c2ccccc2-c2ccccc21)[C@@H](C)O)B1O[C@@H]2C[C@@H]3C[C@@H](C3(C)C)[C@]2(C)O1.CC(C)C[C@H](NC(=O)[C@@H](CC(=O)OCC1c2ccccc2-c2ccccc21)[C@@H](C)O)B1O[C@@H]2C[C@@H]3C[C@@H](C3(C)C)[C@]2(C)O1.C[C@@H](O)[C@H](CC(=O)OCC1c2ccccc2-c2ccccc21)C(=O)O.C[C@@H](O)[C@H](N)C(=O)O.O=C(OCC1c2ccccc2-c2ccccc21)ON1C(=O)CCC1=O. The van der Waals surface area contributed by atoms with Gasteiger partial charge in [-0.15, -0.1) is 0 Å². The van der Waals surface area contributed by atoms with Crippen LogP contribution in [0.4, 0.5) is 4.79 Å². The number of carboxylic acid groups (broad SMARTS) is 2. The summed E-state index contributed by atoms with van der Waals surface area (Å²) in [4.78, 5) is 126. The molecule has 145 heavy (non-hydrogen) atoms. The molecule has 3 aliphatic heterocycles. The minimum Gasteiger partial charge on any atom is -0.481 e. The standard InChI is InChI=1S/2C35H46BNO6.C20H20O5.C19H15NO5.C4H9NO3.CH4/c2*1-20(2)15-31(36-42-30-17-22-16-29(34(22,4)5)35(30,6)43-36)37-33(40)27(21(3)38)18-32(39)41-19-28-25-13-9-7-11-23(25)24-12-8-10-14-26(24)28;1-12(21)17(20(23)24)10-19(22)25-11-18-15-8-4-2-6-13(15)14-7-3-5-9-16(14)18;21-17-9-10-18(22)20(17)25-19(23)24-11-16-14-7-3-1-5-12(14)13-6-2-4-8-15(13)16;1-2(6)3(5)4(7)8;/h2*7-14,20-22,27-31,38H,15-19H2,1-6H3,(H,37,40);2-9,12,17-18,21H,10-11H2,1H3,(H,23,24);1-8,16H,9-11H2;2-3,6H,5H2,1H3,(H,7,8);1H4/t2*21-,22+,27+,29+,30-,31+,35+;12-,17+;;2-,3+;/m111.1./s1. The number of fused-ring (bicyclic) bond motifs is 12. The Morgan fingerprint density at radius 3 is 0.890 bits per heavy atom. The van der Waals surface area contributed by atoms with Crippen LogP contribution in [0.15, 0.2) is 194 Å². The minimum atomic E-state index is -1.21. The van der Waals surface area contributed by atoms with E-state index in [0.29, 0.717) is 41.6 Å². The van der Waals surface area contributed by atoms with Crippen molar-refractivity contribution in [3.05, 3.63) is 239 Å². The third-order valence-corrected chi connectivity index (χ3v) is 32.0. The molecule has 0 radical (unpaired) electrons. The summed E-state index contributed by atoms with van der Waals surface area (Å²) in [6.45, 7) is 28.4. The third-order valence-electron chi connectivity index (χ3n) is 32.0. The average molecular weight is 1990 g/mol. The summed E-state index contributed by atoms with van der Waals surface area (Å²) >= 11 is 0. The molecule has 0 spiro atoms. The third kappa shape index (κ3) is 23.2. The number of ether oxygens (including phenoxy) is 4. The van der Waals surface area contributed by atoms with Crippen LogP contribution in [0.2, 0.25) is 0 Å². The summed E-state index contributed by atoms with van der Waals surface area (Å²) in [7, 11) is -1.14. The first kappa shape index (κ1) is 109. The molecule has 10 N–H and O–H groups in total. The van der Waals surface area contributed by atoms with E-state index >= 15 is 0 Å². The number of hydroxylamine groups is 2. The van der Waals surface area contributed by atoms with E-state index in [0.717, 1.165) is 115 Å². The normalized spacial score (nSPS) is 23.4. The van der Waals surface area contributed by atoms with Crippen molar-refractivity contribution in [1.29, 1.82) is 0 Å². The number of nitrogens with zero attached hydrogens (tertiary/aromatic N) is 1. The number of esters is 3. The van der Waals surface area contributed by atoms with E-state index in [2.05, 4.69) is 128 Å². The van der Waals surface area contributed by atoms with Crippen LogP contribution >= 0.6 is 0 Å². The number of imide groups is 1. The summed E-state index contributed by atoms with van der Waals surface area (Å²) in [6.07, 6.45) is -0.276. The summed E-state index contributed by atoms with van der Waals surface area (Å²) in [6, 6.07) is 63.4. The molecule has 0 aromatic heterocycles. The van der Waals surface area contributed by atoms with Crippen molar-refractivity contribution in [2.75, 3.05) is 26.4 Å². The van der Waals surface area contributed by atoms with Crippen molar-refractivity contribution in [3.63, 3.8) is 0 Å². The highest BCUT2D eigenvalue weighted by atomic mass is 16.8. The van der Waals surface area contributed by atoms with Crippen molar-refractivity contribution in [2.45, 2.75) is 264 Å². The minimum absolute atomic E-state index is 0. The van der Waals surface area contributed by atoms with Crippen molar-refractivity contribution < 1.29 is 121 Å². The maximum atomic E-state index is 13.6. The number of aliphatic hydroxyl groups excluding tert-OH is 4. The van der Waals surface area contributed by atoms with Gasteiger partial charge < -0.3 is 84.6 Å². The van der Waals surface area contributed by atoms with Gasteiger partial charge in [-0.05, 0) is 215 Å². The molecule has 8 aromatic carbocycles. The molecule has 18 atom stereocenters. The molecule has 9 fully saturated rings. The van der Waals surface area contributed by atoms with E-state index in [1.54, 1.807) is 13.8 Å². The number of carboxylic acids is 2. The first-order valence-electron chi connectivity index (χ1n) is 50.6. The number of carbonyl (C=O) groups is 10. The number of hydrogen-bond donors (Lipinski definition) is 9. The molecule has 10 aliphatic carbocycles. The van der Waals surface area contributed by atoms with Crippen molar-refractivity contribution in [1.82, 2.24) is 15.7 Å². The zero-order chi connectivity index (χ0) is 103. The molecule has 29 nitrogen and oxygen atoms in total. The quantitative estimate of drug-likeness (QED) is 0.00843. The molecule has 13 aliphatic rings. The highest BCUT2D eigenvalue weighted by Gasteiger charge is 2.70. The Kier molecular flexibility index (Phi) is 34.3. The van der Waals surface area contributed by atoms with Crippen LogP contribution < -0.4 is 16.4 Å². The zero-order valence-corrected chi connectivity index (χ0v) is 84.4. The number of hydrogen-bond acceptors (Lipinski definition) is 24. The molecule has 31 heteroatoms. The lowest BCUT2D eigenvalue weighted by molar-refractivity contribution is -0.199. The van der Waals surface area contributed by atoms with Crippen LogP contribution in [0.3, 0.4) is 0 Å². The fourth-order valence-electron chi connectivity index (χ4n) is 23.8. The number of aliphatic carboxylic acids is 2. The highest BCUT2D eigenvalue weighted by Crippen LogP contribution is 2.68. The summed E-state index contributed by atoms with van der Waals surface area (Å²) < 4.78 is 48.5. The van der Waals surface area contributed by atoms with E-state index in [9.17, 15) is 63.3 Å². The first-order valence-corrected chi connectivity index (χ1v) is 50.6. The molecule has 4 bridgehead atoms. The number of amides is 4. The van der Waals surface area contributed by atoms with E-state index in [1.165, 1.54) is 13.8 Å². The monoisotopic (exact) mass is 1990 g/mol. The Bertz CT molecular complexity index is 5640. The molecule has 3 saturated heterocycles. The van der Waals surface area contributed by atoms with Gasteiger partial charge in [-0.1, -0.05) is 262 Å². The van der Waals surface area contributed by atoms with Crippen molar-refractivity contribution in [3.8, 4) is 44.5 Å². The molecule has 3 heterocycles. The molecule has 6 saturated carbocycles. The van der Waals surface area contributed by atoms with Crippen LogP contribution in [0.5, 0.6) is 0 Å². The van der Waals surface area contributed by atoms with Crippen LogP contribution in [-0.4, -0.2) is 202 Å². The number of nitrogens with one attached hydrogen (secondary N) is 2. The predicted octanol–water partition coefficient (Wildman–Crippen LogP) is 16.3. The largest absolute Gasteiger partial charge is 0.533 e. The topological polar surface area (TPSA) is 428 Å². The number of rotatable bonds is 31. The maximum Gasteiger partial charge on any atom is 0.533 e. The van der Waals surface area contributed by atoms with Gasteiger partial charge in [0.05, 0.1) is 96.7 Å². The second-order valence-electron chi connectivity index (χ2n) is 43.0. The number of benzene rings is 8. The lowest BCUT2D eigenvalue weighted by Gasteiger charge is -2.64. The first-order chi connectivity index (χ1) is 68.5. The van der Waals surface area contributed by atoms with E-state index in [4.69, 9.17) is 63.5 Å². The highest BCUT2D eigenvalue weighted by molar-refractivity contribution is 6.48. The Labute approximate surface area is 849 Å². The predicted molar refractivity (Wildman–Crippen MR) is 545 cm³/mol. The van der Waals surface area contributed by atoms with Gasteiger partial charge in [0, 0.05) is 36.5 Å². The van der Waals surface area contributed by atoms with Gasteiger partial charge in [-0.25, -0.2) is 4.79 Å². The van der Waals surface area contributed by atoms with Gasteiger partial charge in [0.15, 0.2) is 0 Å². The molecule has 21 rings (SSSR count). The number of carbonyl (C=O) groups excluding carboxylic acids is 8. The van der Waals surface area contributed by atoms with Gasteiger partial charge in [-0.2, -0.15) is 0 Å². The Morgan fingerprint density at radius 1 is 0.393 bits per heavy atom. The van der Waals surface area contributed by atoms with Crippen LogP contribution in [0.25, 0.3) is 44.5 Å². The average Bonchev–Trinajstić information content (AvgIpc) is 1.61. The molecule has 0 unspecified atom stereocenters. The molecule has 8 aromatic rings. The van der Waals surface area contributed by atoms with E-state index in [-0.39, 0.29) is 159 Å². The second-order valence-corrected chi connectivity index (χ2v) is 43.0. The van der Waals surface area contributed by atoms with Crippen LogP contribution in [0.1, 0.15) is 243 Å². The Hall–Kier alpha value is -11.8. The molecular formula is C114H140B2N4O25. The Balaban J connectivity index is 0.000000153. The fraction of sp³-hybridized carbons (Fsp3) is 0.491. The number of nitrogens with two attached hydrogens (primary N) is 1. The summed E-state index contributed by atoms with van der Waals surface area (Å²) in [5, 5.41) is 63.0. The van der Waals surface area contributed by atoms with Gasteiger partial charge >= 0.3 is 50.2 Å². The molecule has 4 amide bonds. The van der Waals surface area contributed by atoms with Gasteiger partial charge in [0.25, 0.3) is 11.8 Å². The van der Waals surface area contributed by atoms with E-state index in [1.807, 2.05) is 146 Å². The maximum absolute atomic E-state index is 13.6. The summed E-state index contributed by atoms with van der Waals surface area (Å²) in [5.74, 6) is -7.30. The summed E-state index contributed by atoms with van der Waals surface area (Å²) in [5.41, 5.74) is 22.6. The van der Waals surface area contributed by atoms with Gasteiger partial charge in [0.1, 0.15) is 32.5 Å². The van der Waals surface area contributed by atoms with Gasteiger partial charge in [-0.3, -0.25) is 48.0 Å².